The van der Waals surface area contributed by atoms with Crippen molar-refractivity contribution in [1.29, 1.82) is 0 Å². The smallest absolute Gasteiger partial charge is 0.275 e. The molecule has 0 aromatic heterocycles. The zero-order chi connectivity index (χ0) is 20.6. The Morgan fingerprint density at radius 2 is 1.86 bits per heavy atom. The normalized spacial score (nSPS) is 10.6. The van der Waals surface area contributed by atoms with Crippen LogP contribution >= 0.6 is 0 Å². The van der Waals surface area contributed by atoms with Gasteiger partial charge in [-0.1, -0.05) is 24.3 Å². The third kappa shape index (κ3) is 5.39. The molecule has 0 unspecified atom stereocenters. The van der Waals surface area contributed by atoms with Crippen LogP contribution in [0.2, 0.25) is 0 Å². The zero-order valence-corrected chi connectivity index (χ0v) is 15.2. The lowest BCUT2D eigenvalue weighted by Crippen LogP contribution is -2.17. The van der Waals surface area contributed by atoms with Crippen LogP contribution in [0, 0.1) is 10.1 Å². The SMILES string of the molecule is O=C(N/N=C/c1cccc(OCc2ccc([N+](=O)[O-])cc2)c1)c1ccccc1O. The van der Waals surface area contributed by atoms with Crippen LogP contribution in [0.1, 0.15) is 21.5 Å². The summed E-state index contributed by atoms with van der Waals surface area (Å²) < 4.78 is 5.69. The van der Waals surface area contributed by atoms with Crippen LogP contribution < -0.4 is 10.2 Å². The predicted octanol–water partition coefficient (Wildman–Crippen LogP) is 3.64. The summed E-state index contributed by atoms with van der Waals surface area (Å²) in [4.78, 5) is 22.2. The average molecular weight is 391 g/mol. The largest absolute Gasteiger partial charge is 0.507 e. The summed E-state index contributed by atoms with van der Waals surface area (Å²) in [5.74, 6) is -0.0638. The lowest BCUT2D eigenvalue weighted by molar-refractivity contribution is -0.384. The second kappa shape index (κ2) is 9.14. The monoisotopic (exact) mass is 391 g/mol. The zero-order valence-electron chi connectivity index (χ0n) is 15.2. The van der Waals surface area contributed by atoms with Gasteiger partial charge in [-0.3, -0.25) is 14.9 Å². The van der Waals surface area contributed by atoms with Crippen LogP contribution in [0.15, 0.2) is 77.9 Å². The molecule has 2 N–H and O–H groups in total. The van der Waals surface area contributed by atoms with Crippen LogP contribution in [-0.4, -0.2) is 22.2 Å². The Kier molecular flexibility index (Phi) is 6.16. The highest BCUT2D eigenvalue weighted by Crippen LogP contribution is 2.17. The first-order valence-corrected chi connectivity index (χ1v) is 8.60. The molecule has 0 fully saturated rings. The number of carbonyl (C=O) groups excluding carboxylic acids is 1. The molecule has 8 nitrogen and oxygen atoms in total. The molecule has 0 bridgehead atoms. The van der Waals surface area contributed by atoms with Gasteiger partial charge < -0.3 is 9.84 Å². The highest BCUT2D eigenvalue weighted by molar-refractivity contribution is 5.97. The molecular formula is C21H17N3O5. The lowest BCUT2D eigenvalue weighted by Gasteiger charge is -2.07. The molecule has 0 aliphatic carbocycles. The molecule has 0 saturated heterocycles. The van der Waals surface area contributed by atoms with E-state index in [1.165, 1.54) is 30.5 Å². The van der Waals surface area contributed by atoms with Gasteiger partial charge in [0.05, 0.1) is 16.7 Å². The molecule has 3 aromatic rings. The fourth-order valence-electron chi connectivity index (χ4n) is 2.46. The number of ether oxygens (including phenoxy) is 1. The Balaban J connectivity index is 1.57. The number of nitrogens with zero attached hydrogens (tertiary/aromatic N) is 2. The standard InChI is InChI=1S/C21H17N3O5/c25-20-7-2-1-6-19(20)21(26)23-22-13-16-4-3-5-18(12-16)29-14-15-8-10-17(11-9-15)24(27)28/h1-13,25H,14H2,(H,23,26)/b22-13+. The Labute approximate surface area is 166 Å². The first kappa shape index (κ1) is 19.6. The van der Waals surface area contributed by atoms with Crippen LogP contribution in [0.5, 0.6) is 11.5 Å². The van der Waals surface area contributed by atoms with Gasteiger partial charge in [-0.15, -0.1) is 0 Å². The lowest BCUT2D eigenvalue weighted by atomic mass is 10.2. The van der Waals surface area contributed by atoms with Gasteiger partial charge in [0.15, 0.2) is 0 Å². The van der Waals surface area contributed by atoms with Crippen molar-refractivity contribution in [2.45, 2.75) is 6.61 Å². The van der Waals surface area contributed by atoms with Crippen LogP contribution in [0.3, 0.4) is 0 Å². The second-order valence-corrected chi connectivity index (χ2v) is 6.00. The number of hydrazone groups is 1. The van der Waals surface area contributed by atoms with Gasteiger partial charge >= 0.3 is 0 Å². The number of nitrogens with one attached hydrogen (secondary N) is 1. The summed E-state index contributed by atoms with van der Waals surface area (Å²) in [5, 5.41) is 24.2. The molecule has 1 amide bonds. The van der Waals surface area contributed by atoms with E-state index in [0.717, 1.165) is 5.56 Å². The van der Waals surface area contributed by atoms with Gasteiger partial charge in [0.2, 0.25) is 0 Å². The van der Waals surface area contributed by atoms with E-state index < -0.39 is 10.8 Å². The van der Waals surface area contributed by atoms with Gasteiger partial charge in [0, 0.05) is 12.1 Å². The van der Waals surface area contributed by atoms with Crippen LogP contribution in [0.25, 0.3) is 0 Å². The molecule has 0 saturated carbocycles. The van der Waals surface area contributed by atoms with Gasteiger partial charge in [-0.2, -0.15) is 5.10 Å². The number of aromatic hydroxyl groups is 1. The van der Waals surface area contributed by atoms with E-state index in [-0.39, 0.29) is 23.6 Å². The molecule has 146 valence electrons. The van der Waals surface area contributed by atoms with Crippen molar-refractivity contribution >= 4 is 17.8 Å². The summed E-state index contributed by atoms with van der Waals surface area (Å²) >= 11 is 0. The number of para-hydroxylation sites is 1. The number of benzene rings is 3. The van der Waals surface area contributed by atoms with E-state index in [1.54, 1.807) is 48.5 Å². The maximum Gasteiger partial charge on any atom is 0.275 e. The third-order valence-corrected chi connectivity index (χ3v) is 3.94. The summed E-state index contributed by atoms with van der Waals surface area (Å²) in [5.41, 5.74) is 4.00. The van der Waals surface area contributed by atoms with E-state index in [0.29, 0.717) is 11.3 Å². The third-order valence-electron chi connectivity index (χ3n) is 3.94. The average Bonchev–Trinajstić information content (AvgIpc) is 2.73. The van der Waals surface area contributed by atoms with Crippen molar-refractivity contribution in [2.24, 2.45) is 5.10 Å². The van der Waals surface area contributed by atoms with Crippen LogP contribution in [-0.2, 0) is 6.61 Å². The summed E-state index contributed by atoms with van der Waals surface area (Å²) in [7, 11) is 0. The fourth-order valence-corrected chi connectivity index (χ4v) is 2.46. The Morgan fingerprint density at radius 3 is 2.59 bits per heavy atom. The van der Waals surface area contributed by atoms with E-state index in [9.17, 15) is 20.0 Å². The number of phenols is 1. The summed E-state index contributed by atoms with van der Waals surface area (Å²) in [6.07, 6.45) is 1.45. The summed E-state index contributed by atoms with van der Waals surface area (Å²) in [6, 6.07) is 19.4. The Morgan fingerprint density at radius 1 is 1.10 bits per heavy atom. The van der Waals surface area contributed by atoms with Crippen molar-refractivity contribution < 1.29 is 19.6 Å². The maximum absolute atomic E-state index is 12.0. The molecule has 29 heavy (non-hydrogen) atoms. The van der Waals surface area contributed by atoms with E-state index in [2.05, 4.69) is 10.5 Å². The molecule has 0 spiro atoms. The minimum Gasteiger partial charge on any atom is -0.507 e. The molecule has 0 heterocycles. The molecule has 3 aromatic carbocycles. The molecule has 0 atom stereocenters. The number of nitro benzene ring substituents is 1. The molecule has 0 radical (unpaired) electrons. The van der Waals surface area contributed by atoms with Gasteiger partial charge in [0.1, 0.15) is 18.1 Å². The number of carbonyl (C=O) groups is 1. The molecular weight excluding hydrogens is 374 g/mol. The van der Waals surface area contributed by atoms with Crippen molar-refractivity contribution in [2.75, 3.05) is 0 Å². The van der Waals surface area contributed by atoms with Gasteiger partial charge in [-0.05, 0) is 47.5 Å². The molecule has 8 heteroatoms. The van der Waals surface area contributed by atoms with Crippen molar-refractivity contribution in [3.63, 3.8) is 0 Å². The number of amides is 1. The van der Waals surface area contributed by atoms with E-state index in [1.807, 2.05) is 0 Å². The highest BCUT2D eigenvalue weighted by Gasteiger charge is 2.08. The second-order valence-electron chi connectivity index (χ2n) is 6.00. The number of nitro groups is 1. The first-order chi connectivity index (χ1) is 14.0. The predicted molar refractivity (Wildman–Crippen MR) is 107 cm³/mol. The molecule has 0 aliphatic heterocycles. The number of phenolic OH excluding ortho intramolecular Hbond substituents is 1. The van der Waals surface area contributed by atoms with Gasteiger partial charge in [0.25, 0.3) is 11.6 Å². The number of hydrogen-bond acceptors (Lipinski definition) is 6. The maximum atomic E-state index is 12.0. The number of non-ortho nitro benzene ring substituents is 1. The molecule has 0 aliphatic rings. The van der Waals surface area contributed by atoms with Crippen LogP contribution in [0.4, 0.5) is 5.69 Å². The van der Waals surface area contributed by atoms with E-state index >= 15 is 0 Å². The topological polar surface area (TPSA) is 114 Å². The minimum absolute atomic E-state index is 0.0258. The quantitative estimate of drug-likeness (QED) is 0.363. The Bertz CT molecular complexity index is 1050. The van der Waals surface area contributed by atoms with Gasteiger partial charge in [-0.25, -0.2) is 5.43 Å². The number of hydrogen-bond donors (Lipinski definition) is 2. The van der Waals surface area contributed by atoms with Crippen molar-refractivity contribution in [1.82, 2.24) is 5.43 Å². The number of rotatable bonds is 7. The van der Waals surface area contributed by atoms with Crippen molar-refractivity contribution in [3.8, 4) is 11.5 Å². The highest BCUT2D eigenvalue weighted by atomic mass is 16.6. The van der Waals surface area contributed by atoms with E-state index in [4.69, 9.17) is 4.74 Å². The molecule has 3 rings (SSSR count). The fraction of sp³-hybridized carbons (Fsp3) is 0.0476. The Hall–Kier alpha value is -4.20. The summed E-state index contributed by atoms with van der Waals surface area (Å²) in [6.45, 7) is 0.253. The minimum atomic E-state index is -0.523. The first-order valence-electron chi connectivity index (χ1n) is 8.60. The van der Waals surface area contributed by atoms with Crippen molar-refractivity contribution in [3.05, 3.63) is 99.6 Å².